The van der Waals surface area contributed by atoms with E-state index in [1.807, 2.05) is 6.92 Å². The van der Waals surface area contributed by atoms with Crippen LogP contribution in [-0.4, -0.2) is 45.9 Å². The molecule has 27 heavy (non-hydrogen) atoms. The number of ether oxygens (including phenoxy) is 1. The standard InChI is InChI=1S/C17H25N3O5S2/c1-3-4-10-27(24)12-7-8-13(19-16(26)20-17(23)25-2)14(11-12)18-9-5-6-15(21)22/h7-8,11,18H,3-6,9-10H2,1-2H3,(H,21,22)(H2,19,20,23,26). The van der Waals surface area contributed by atoms with Crippen molar-refractivity contribution in [2.24, 2.45) is 0 Å². The molecule has 10 heteroatoms. The van der Waals surface area contributed by atoms with E-state index in [0.29, 0.717) is 35.0 Å². The monoisotopic (exact) mass is 415 g/mol. The largest absolute Gasteiger partial charge is 0.481 e. The van der Waals surface area contributed by atoms with Crippen molar-refractivity contribution < 1.29 is 23.6 Å². The highest BCUT2D eigenvalue weighted by molar-refractivity contribution is 7.85. The second-order valence-corrected chi connectivity index (χ2v) is 7.58. The first-order valence-electron chi connectivity index (χ1n) is 8.51. The number of amides is 1. The molecule has 0 saturated carbocycles. The molecule has 0 aliphatic rings. The molecule has 1 aromatic carbocycles. The van der Waals surface area contributed by atoms with E-state index in [2.05, 4.69) is 20.7 Å². The van der Waals surface area contributed by atoms with Gasteiger partial charge < -0.3 is 20.5 Å². The Morgan fingerprint density at radius 1 is 1.26 bits per heavy atom. The zero-order chi connectivity index (χ0) is 20.2. The molecular weight excluding hydrogens is 390 g/mol. The Morgan fingerprint density at radius 2 is 2.00 bits per heavy atom. The van der Waals surface area contributed by atoms with Crippen LogP contribution in [0.1, 0.15) is 32.6 Å². The van der Waals surface area contributed by atoms with Gasteiger partial charge in [0.05, 0.1) is 29.3 Å². The molecule has 0 fully saturated rings. The average Bonchev–Trinajstić information content (AvgIpc) is 2.63. The normalized spacial score (nSPS) is 11.3. The number of carboxylic acid groups (broad SMARTS) is 1. The predicted octanol–water partition coefficient (Wildman–Crippen LogP) is 2.92. The van der Waals surface area contributed by atoms with Crippen LogP contribution in [0.5, 0.6) is 0 Å². The minimum Gasteiger partial charge on any atom is -0.481 e. The minimum absolute atomic E-state index is 0.0419. The molecule has 0 bridgehead atoms. The number of carboxylic acids is 1. The molecule has 1 unspecified atom stereocenters. The van der Waals surface area contributed by atoms with Gasteiger partial charge in [0.15, 0.2) is 5.11 Å². The molecular formula is C17H25N3O5S2. The lowest BCUT2D eigenvalue weighted by atomic mass is 10.2. The third kappa shape index (κ3) is 8.83. The summed E-state index contributed by atoms with van der Waals surface area (Å²) in [6.07, 6.45) is 1.60. The molecule has 0 spiro atoms. The topological polar surface area (TPSA) is 117 Å². The molecule has 4 N–H and O–H groups in total. The molecule has 1 aromatic rings. The Hall–Kier alpha value is -2.20. The fourth-order valence-electron chi connectivity index (χ4n) is 2.07. The van der Waals surface area contributed by atoms with Gasteiger partial charge in [-0.15, -0.1) is 0 Å². The summed E-state index contributed by atoms with van der Waals surface area (Å²) in [4.78, 5) is 22.6. The third-order valence-electron chi connectivity index (χ3n) is 3.47. The van der Waals surface area contributed by atoms with Crippen LogP contribution >= 0.6 is 12.2 Å². The van der Waals surface area contributed by atoms with Gasteiger partial charge in [0, 0.05) is 23.6 Å². The number of nitrogens with one attached hydrogen (secondary N) is 3. The summed E-state index contributed by atoms with van der Waals surface area (Å²) in [6.45, 7) is 2.46. The van der Waals surface area contributed by atoms with E-state index < -0.39 is 22.9 Å². The van der Waals surface area contributed by atoms with Crippen LogP contribution in [0.4, 0.5) is 16.2 Å². The van der Waals surface area contributed by atoms with Crippen molar-refractivity contribution in [1.29, 1.82) is 0 Å². The molecule has 1 amide bonds. The summed E-state index contributed by atoms with van der Waals surface area (Å²) >= 11 is 5.06. The van der Waals surface area contributed by atoms with Crippen molar-refractivity contribution in [2.75, 3.05) is 30.0 Å². The lowest BCUT2D eigenvalue weighted by molar-refractivity contribution is -0.137. The summed E-state index contributed by atoms with van der Waals surface area (Å²) < 4.78 is 16.9. The molecule has 0 aliphatic heterocycles. The smallest absolute Gasteiger partial charge is 0.413 e. The summed E-state index contributed by atoms with van der Waals surface area (Å²) in [5.41, 5.74) is 1.19. The van der Waals surface area contributed by atoms with Crippen molar-refractivity contribution in [1.82, 2.24) is 5.32 Å². The van der Waals surface area contributed by atoms with Gasteiger partial charge >= 0.3 is 12.1 Å². The van der Waals surface area contributed by atoms with E-state index in [-0.39, 0.29) is 11.5 Å². The fraction of sp³-hybridized carbons (Fsp3) is 0.471. The number of alkyl carbamates (subject to hydrolysis) is 1. The van der Waals surface area contributed by atoms with Gasteiger partial charge in [0.2, 0.25) is 0 Å². The molecule has 0 radical (unpaired) electrons. The van der Waals surface area contributed by atoms with Crippen LogP contribution in [0.2, 0.25) is 0 Å². The molecule has 150 valence electrons. The molecule has 0 aliphatic carbocycles. The summed E-state index contributed by atoms with van der Waals surface area (Å²) in [6, 6.07) is 5.19. The Kier molecular flexibility index (Phi) is 10.3. The van der Waals surface area contributed by atoms with Gasteiger partial charge in [-0.1, -0.05) is 13.3 Å². The first-order chi connectivity index (χ1) is 12.9. The maximum absolute atomic E-state index is 12.4. The first-order valence-corrected chi connectivity index (χ1v) is 10.2. The number of carbonyl (C=O) groups is 2. The van der Waals surface area contributed by atoms with Crippen molar-refractivity contribution >= 4 is 51.6 Å². The first kappa shape index (κ1) is 22.8. The van der Waals surface area contributed by atoms with Crippen LogP contribution in [0.15, 0.2) is 23.1 Å². The predicted molar refractivity (Wildman–Crippen MR) is 110 cm³/mol. The van der Waals surface area contributed by atoms with Crippen LogP contribution in [0.3, 0.4) is 0 Å². The SMILES string of the molecule is CCCCS(=O)c1ccc(NC(=S)NC(=O)OC)c(NCCCC(=O)O)c1. The Bertz CT molecular complexity index is 697. The van der Waals surface area contributed by atoms with Gasteiger partial charge in [-0.05, 0) is 43.3 Å². The highest BCUT2D eigenvalue weighted by Gasteiger charge is 2.11. The van der Waals surface area contributed by atoms with Crippen molar-refractivity contribution in [3.8, 4) is 0 Å². The van der Waals surface area contributed by atoms with Crippen molar-refractivity contribution in [2.45, 2.75) is 37.5 Å². The molecule has 8 nitrogen and oxygen atoms in total. The van der Waals surface area contributed by atoms with Crippen LogP contribution < -0.4 is 16.0 Å². The summed E-state index contributed by atoms with van der Waals surface area (Å²) in [7, 11) is 0.106. The van der Waals surface area contributed by atoms with E-state index in [1.165, 1.54) is 7.11 Å². The molecule has 0 saturated heterocycles. The second-order valence-electron chi connectivity index (χ2n) is 5.61. The number of unbranched alkanes of at least 4 members (excludes halogenated alkanes) is 1. The molecule has 0 heterocycles. The number of hydrogen-bond acceptors (Lipinski definition) is 6. The van der Waals surface area contributed by atoms with Gasteiger partial charge in [-0.2, -0.15) is 0 Å². The van der Waals surface area contributed by atoms with E-state index >= 15 is 0 Å². The zero-order valence-electron chi connectivity index (χ0n) is 15.4. The third-order valence-corrected chi connectivity index (χ3v) is 5.11. The molecule has 0 aromatic heterocycles. The lowest BCUT2D eigenvalue weighted by Gasteiger charge is -2.16. The minimum atomic E-state index is -1.12. The van der Waals surface area contributed by atoms with E-state index in [1.54, 1.807) is 18.2 Å². The number of anilines is 2. The zero-order valence-corrected chi connectivity index (χ0v) is 17.0. The quantitative estimate of drug-likeness (QED) is 0.340. The number of rotatable bonds is 10. The number of methoxy groups -OCH3 is 1. The van der Waals surface area contributed by atoms with Gasteiger partial charge in [-0.3, -0.25) is 14.3 Å². The molecule has 1 atom stereocenters. The van der Waals surface area contributed by atoms with Crippen LogP contribution in [0.25, 0.3) is 0 Å². The second kappa shape index (κ2) is 12.2. The Balaban J connectivity index is 2.91. The Morgan fingerprint density at radius 3 is 2.63 bits per heavy atom. The Labute approximate surface area is 166 Å². The number of aliphatic carboxylic acids is 1. The fourth-order valence-corrected chi connectivity index (χ4v) is 3.52. The maximum atomic E-state index is 12.4. The number of hydrogen-bond donors (Lipinski definition) is 4. The van der Waals surface area contributed by atoms with E-state index in [9.17, 15) is 13.8 Å². The maximum Gasteiger partial charge on any atom is 0.413 e. The number of thiocarbonyl (C=S) groups is 1. The van der Waals surface area contributed by atoms with Crippen LogP contribution in [0, 0.1) is 0 Å². The van der Waals surface area contributed by atoms with Crippen molar-refractivity contribution in [3.63, 3.8) is 0 Å². The highest BCUT2D eigenvalue weighted by atomic mass is 32.2. The van der Waals surface area contributed by atoms with Gasteiger partial charge in [0.1, 0.15) is 0 Å². The van der Waals surface area contributed by atoms with Crippen LogP contribution in [-0.2, 0) is 20.3 Å². The number of carbonyl (C=O) groups excluding carboxylic acids is 1. The summed E-state index contributed by atoms with van der Waals surface area (Å²) in [5, 5.41) is 17.1. The van der Waals surface area contributed by atoms with E-state index in [0.717, 1.165) is 12.8 Å². The van der Waals surface area contributed by atoms with Crippen molar-refractivity contribution in [3.05, 3.63) is 18.2 Å². The van der Waals surface area contributed by atoms with E-state index in [4.69, 9.17) is 17.3 Å². The number of benzene rings is 1. The highest BCUT2D eigenvalue weighted by Crippen LogP contribution is 2.25. The van der Waals surface area contributed by atoms with Gasteiger partial charge in [0.25, 0.3) is 0 Å². The molecule has 1 rings (SSSR count). The van der Waals surface area contributed by atoms with Gasteiger partial charge in [-0.25, -0.2) is 4.79 Å². The lowest BCUT2D eigenvalue weighted by Crippen LogP contribution is -2.34. The summed E-state index contributed by atoms with van der Waals surface area (Å²) in [5.74, 6) is -0.294. The average molecular weight is 416 g/mol.